The van der Waals surface area contributed by atoms with E-state index in [1.54, 1.807) is 0 Å². The largest absolute Gasteiger partial charge is 0.490 e. The lowest BCUT2D eigenvalue weighted by Gasteiger charge is -2.16. The van der Waals surface area contributed by atoms with Gasteiger partial charge >= 0.3 is 0 Å². The fourth-order valence-electron chi connectivity index (χ4n) is 2.82. The average molecular weight is 312 g/mol. The summed E-state index contributed by atoms with van der Waals surface area (Å²) in [5.41, 5.74) is 3.30. The van der Waals surface area contributed by atoms with Crippen molar-refractivity contribution < 1.29 is 9.84 Å². The summed E-state index contributed by atoms with van der Waals surface area (Å²) < 4.78 is 5.95. The normalized spacial score (nSPS) is 13.1. The molecule has 1 atom stereocenters. The van der Waals surface area contributed by atoms with Gasteiger partial charge in [-0.25, -0.2) is 0 Å². The molecule has 3 aromatic rings. The van der Waals surface area contributed by atoms with Crippen molar-refractivity contribution in [2.75, 3.05) is 13.2 Å². The number of hydrogen-bond donors (Lipinski definition) is 3. The first-order chi connectivity index (χ1) is 11.0. The zero-order chi connectivity index (χ0) is 16.4. The molecule has 0 aliphatic carbocycles. The summed E-state index contributed by atoms with van der Waals surface area (Å²) >= 11 is 0. The summed E-state index contributed by atoms with van der Waals surface area (Å²) in [6.45, 7) is 6.97. The van der Waals surface area contributed by atoms with Gasteiger partial charge in [0.05, 0.1) is 5.52 Å². The third-order valence-electron chi connectivity index (χ3n) is 3.91. The van der Waals surface area contributed by atoms with E-state index in [1.807, 2.05) is 18.2 Å². The van der Waals surface area contributed by atoms with E-state index >= 15 is 0 Å². The lowest BCUT2D eigenvalue weighted by atomic mass is 10.1. The number of nitrogens with one attached hydrogen (secondary N) is 2. The minimum absolute atomic E-state index is 0.276. The van der Waals surface area contributed by atoms with Gasteiger partial charge in [-0.15, -0.1) is 0 Å². The molecule has 2 aromatic carbocycles. The van der Waals surface area contributed by atoms with E-state index in [-0.39, 0.29) is 6.61 Å². The highest BCUT2D eigenvalue weighted by atomic mass is 16.5. The van der Waals surface area contributed by atoms with E-state index in [4.69, 9.17) is 4.74 Å². The fourth-order valence-corrected chi connectivity index (χ4v) is 2.82. The van der Waals surface area contributed by atoms with Crippen LogP contribution >= 0.6 is 0 Å². The molecule has 3 N–H and O–H groups in total. The first-order valence-electron chi connectivity index (χ1n) is 8.10. The van der Waals surface area contributed by atoms with Crippen molar-refractivity contribution in [1.82, 2.24) is 10.3 Å². The average Bonchev–Trinajstić information content (AvgIpc) is 2.88. The van der Waals surface area contributed by atoms with Crippen LogP contribution in [0.2, 0.25) is 0 Å². The van der Waals surface area contributed by atoms with Crippen LogP contribution in [0, 0.1) is 6.92 Å². The van der Waals surface area contributed by atoms with Crippen LogP contribution in [0.1, 0.15) is 19.4 Å². The molecule has 0 spiro atoms. The maximum Gasteiger partial charge on any atom is 0.129 e. The topological polar surface area (TPSA) is 57.3 Å². The van der Waals surface area contributed by atoms with Crippen LogP contribution in [-0.2, 0) is 0 Å². The number of aliphatic hydroxyl groups is 1. The summed E-state index contributed by atoms with van der Waals surface area (Å²) in [7, 11) is 0. The predicted molar refractivity (Wildman–Crippen MR) is 95.2 cm³/mol. The summed E-state index contributed by atoms with van der Waals surface area (Å²) in [5, 5.41) is 15.5. The van der Waals surface area contributed by atoms with Gasteiger partial charge in [-0.1, -0.05) is 32.0 Å². The van der Waals surface area contributed by atoms with Gasteiger partial charge in [0.25, 0.3) is 0 Å². The Morgan fingerprint density at radius 3 is 2.74 bits per heavy atom. The molecule has 0 aliphatic rings. The van der Waals surface area contributed by atoms with Crippen molar-refractivity contribution in [3.8, 4) is 5.75 Å². The third-order valence-corrected chi connectivity index (χ3v) is 3.91. The Kier molecular flexibility index (Phi) is 4.55. The molecule has 0 saturated heterocycles. The van der Waals surface area contributed by atoms with Crippen LogP contribution in [0.3, 0.4) is 0 Å². The minimum Gasteiger partial charge on any atom is -0.490 e. The molecular weight excluding hydrogens is 288 g/mol. The number of aromatic amines is 1. The Morgan fingerprint density at radius 2 is 1.96 bits per heavy atom. The quantitative estimate of drug-likeness (QED) is 0.654. The van der Waals surface area contributed by atoms with E-state index < -0.39 is 6.10 Å². The van der Waals surface area contributed by atoms with Crippen molar-refractivity contribution in [1.29, 1.82) is 0 Å². The number of benzene rings is 2. The molecule has 1 aromatic heterocycles. The standard InChI is InChI=1S/C19H24N2O2/c1-12(2)20-10-14(22)11-23-18-9-13(3)8-17-19(18)15-6-4-5-7-16(15)21-17/h4-9,12,14,20-22H,10-11H2,1-3H3. The molecule has 0 saturated carbocycles. The van der Waals surface area contributed by atoms with Gasteiger partial charge in [-0.3, -0.25) is 0 Å². The highest BCUT2D eigenvalue weighted by molar-refractivity contribution is 6.10. The highest BCUT2D eigenvalue weighted by Gasteiger charge is 2.12. The molecule has 3 rings (SSSR count). The van der Waals surface area contributed by atoms with E-state index in [0.29, 0.717) is 12.6 Å². The van der Waals surface area contributed by atoms with Crippen LogP contribution in [-0.4, -0.2) is 35.4 Å². The SMILES string of the molecule is Cc1cc(OCC(O)CNC(C)C)c2c(c1)[nH]c1ccccc12. The molecule has 122 valence electrons. The molecule has 0 bridgehead atoms. The summed E-state index contributed by atoms with van der Waals surface area (Å²) in [6.07, 6.45) is -0.529. The number of para-hydroxylation sites is 1. The van der Waals surface area contributed by atoms with Crippen LogP contribution in [0.15, 0.2) is 36.4 Å². The first-order valence-corrected chi connectivity index (χ1v) is 8.10. The molecule has 1 heterocycles. The maximum atomic E-state index is 10.1. The smallest absolute Gasteiger partial charge is 0.129 e. The lowest BCUT2D eigenvalue weighted by Crippen LogP contribution is -2.35. The summed E-state index contributed by atoms with van der Waals surface area (Å²) in [6, 6.07) is 12.7. The van der Waals surface area contributed by atoms with Crippen LogP contribution in [0.4, 0.5) is 0 Å². The summed E-state index contributed by atoms with van der Waals surface area (Å²) in [5.74, 6) is 0.820. The van der Waals surface area contributed by atoms with Crippen molar-refractivity contribution in [2.45, 2.75) is 32.9 Å². The number of aromatic nitrogens is 1. The van der Waals surface area contributed by atoms with E-state index in [1.165, 1.54) is 0 Å². The van der Waals surface area contributed by atoms with Crippen LogP contribution in [0.5, 0.6) is 5.75 Å². The monoisotopic (exact) mass is 312 g/mol. The second kappa shape index (κ2) is 6.60. The Bertz CT molecular complexity index is 808. The lowest BCUT2D eigenvalue weighted by molar-refractivity contribution is 0.105. The number of ether oxygens (including phenoxy) is 1. The molecule has 4 heteroatoms. The van der Waals surface area contributed by atoms with Crippen LogP contribution < -0.4 is 10.1 Å². The number of aliphatic hydroxyl groups excluding tert-OH is 1. The molecule has 4 nitrogen and oxygen atoms in total. The summed E-state index contributed by atoms with van der Waals surface area (Å²) in [4.78, 5) is 3.43. The van der Waals surface area contributed by atoms with Crippen molar-refractivity contribution in [3.05, 3.63) is 42.0 Å². The van der Waals surface area contributed by atoms with Crippen molar-refractivity contribution in [3.63, 3.8) is 0 Å². The molecule has 23 heavy (non-hydrogen) atoms. The molecule has 0 fully saturated rings. The van der Waals surface area contributed by atoms with E-state index in [9.17, 15) is 5.11 Å². The predicted octanol–water partition coefficient (Wildman–Crippen LogP) is 3.37. The van der Waals surface area contributed by atoms with Gasteiger partial charge in [-0.05, 0) is 30.7 Å². The minimum atomic E-state index is -0.529. The Hall–Kier alpha value is -2.04. The molecule has 0 aliphatic heterocycles. The van der Waals surface area contributed by atoms with Gasteiger partial charge < -0.3 is 20.1 Å². The van der Waals surface area contributed by atoms with Crippen LogP contribution in [0.25, 0.3) is 21.8 Å². The zero-order valence-electron chi connectivity index (χ0n) is 13.9. The molecule has 0 radical (unpaired) electrons. The number of fused-ring (bicyclic) bond motifs is 3. The second-order valence-corrected chi connectivity index (χ2v) is 6.38. The van der Waals surface area contributed by atoms with Crippen molar-refractivity contribution >= 4 is 21.8 Å². The number of aryl methyl sites for hydroxylation is 1. The number of rotatable bonds is 6. The second-order valence-electron chi connectivity index (χ2n) is 6.38. The van der Waals surface area contributed by atoms with Gasteiger partial charge in [0.1, 0.15) is 18.5 Å². The Balaban J connectivity index is 1.87. The van der Waals surface area contributed by atoms with Gasteiger partial charge in [0.15, 0.2) is 0 Å². The van der Waals surface area contributed by atoms with Gasteiger partial charge in [0.2, 0.25) is 0 Å². The van der Waals surface area contributed by atoms with Gasteiger partial charge in [0, 0.05) is 28.9 Å². The van der Waals surface area contributed by atoms with E-state index in [0.717, 1.165) is 33.1 Å². The fraction of sp³-hybridized carbons (Fsp3) is 0.368. The van der Waals surface area contributed by atoms with Gasteiger partial charge in [-0.2, -0.15) is 0 Å². The van der Waals surface area contributed by atoms with E-state index in [2.05, 4.69) is 49.3 Å². The van der Waals surface area contributed by atoms with Crippen molar-refractivity contribution in [2.24, 2.45) is 0 Å². The maximum absolute atomic E-state index is 10.1. The molecule has 1 unspecified atom stereocenters. The first kappa shape index (κ1) is 15.8. The number of hydrogen-bond acceptors (Lipinski definition) is 3. The third kappa shape index (κ3) is 3.49. The molecular formula is C19H24N2O2. The number of H-pyrrole nitrogens is 1. The Morgan fingerprint density at radius 1 is 1.17 bits per heavy atom. The molecule has 0 amide bonds. The highest BCUT2D eigenvalue weighted by Crippen LogP contribution is 2.34. The Labute approximate surface area is 136 Å². The zero-order valence-corrected chi connectivity index (χ0v) is 13.9.